The van der Waals surface area contributed by atoms with Gasteiger partial charge in [-0.05, 0) is 69.5 Å². The molecule has 5 atom stereocenters. The van der Waals surface area contributed by atoms with E-state index in [-0.39, 0.29) is 17.6 Å². The first kappa shape index (κ1) is 21.6. The smallest absolute Gasteiger partial charge is 0.387 e. The Morgan fingerprint density at radius 2 is 2.00 bits per heavy atom. The highest BCUT2D eigenvalue weighted by Crippen LogP contribution is 2.64. The Bertz CT molecular complexity index is 969. The fourth-order valence-electron chi connectivity index (χ4n) is 5.89. The van der Waals surface area contributed by atoms with Crippen LogP contribution in [0, 0.1) is 17.8 Å². The Morgan fingerprint density at radius 1 is 1.25 bits per heavy atom. The van der Waals surface area contributed by atoms with Crippen molar-refractivity contribution in [1.29, 1.82) is 0 Å². The summed E-state index contributed by atoms with van der Waals surface area (Å²) in [4.78, 5) is 6.59. The minimum Gasteiger partial charge on any atom is -0.431 e. The van der Waals surface area contributed by atoms with Crippen molar-refractivity contribution in [2.45, 2.75) is 57.7 Å². The third-order valence-electron chi connectivity index (χ3n) is 7.50. The van der Waals surface area contributed by atoms with E-state index in [0.717, 1.165) is 19.5 Å². The van der Waals surface area contributed by atoms with Crippen LogP contribution in [0.4, 0.5) is 14.6 Å². The summed E-state index contributed by atoms with van der Waals surface area (Å²) in [7, 11) is 0. The standard InChI is InChI=1S/C23H31F2N5O2/c1-12(2)30-19(8-18(28-30)14-5-20(32-23(24)25)22(26)27-9-14)21-16-6-15(7-17(16)21)29-4-3-13(10-29)11-31/h5,8-9,12-13,15-17,21,23,31H,3-4,6-7,10-11H2,1-2H3,(H2,26,27)/t13-,15-,16+,17-,21-/m1/s1. The molecule has 0 amide bonds. The average molecular weight is 448 g/mol. The Hall–Kier alpha value is -2.26. The number of likely N-dealkylation sites (tertiary alicyclic amines) is 1. The summed E-state index contributed by atoms with van der Waals surface area (Å²) >= 11 is 0. The molecule has 174 valence electrons. The Kier molecular flexibility index (Phi) is 5.57. The monoisotopic (exact) mass is 447 g/mol. The predicted octanol–water partition coefficient (Wildman–Crippen LogP) is 3.52. The van der Waals surface area contributed by atoms with Crippen LogP contribution in [-0.4, -0.2) is 57.1 Å². The molecule has 0 unspecified atom stereocenters. The summed E-state index contributed by atoms with van der Waals surface area (Å²) in [5.74, 6) is 2.06. The van der Waals surface area contributed by atoms with E-state index >= 15 is 0 Å². The number of aliphatic hydroxyl groups is 1. The molecule has 2 aliphatic carbocycles. The highest BCUT2D eigenvalue weighted by molar-refractivity contribution is 5.64. The molecule has 2 aromatic heterocycles. The topological polar surface area (TPSA) is 89.4 Å². The second-order valence-corrected chi connectivity index (χ2v) is 9.79. The SMILES string of the molecule is CC(C)n1nc(-c2cnc(N)c(OC(F)F)c2)cc1[C@H]1[C@@H]2C[C@H](N3CC[C@@H](CO)C3)C[C@@H]21. The van der Waals surface area contributed by atoms with Crippen LogP contribution in [0.25, 0.3) is 11.3 Å². The van der Waals surface area contributed by atoms with Gasteiger partial charge in [0.15, 0.2) is 11.6 Å². The second kappa shape index (κ2) is 8.26. The molecule has 0 aromatic carbocycles. The molecule has 0 radical (unpaired) electrons. The van der Waals surface area contributed by atoms with Crippen molar-refractivity contribution in [3.05, 3.63) is 24.0 Å². The number of halogens is 2. The van der Waals surface area contributed by atoms with Gasteiger partial charge in [0.1, 0.15) is 0 Å². The minimum absolute atomic E-state index is 0.0642. The highest BCUT2D eigenvalue weighted by Gasteiger charge is 2.59. The van der Waals surface area contributed by atoms with Gasteiger partial charge < -0.3 is 15.6 Å². The third-order valence-corrected chi connectivity index (χ3v) is 7.50. The van der Waals surface area contributed by atoms with Crippen LogP contribution < -0.4 is 10.5 Å². The molecule has 2 saturated carbocycles. The Balaban J connectivity index is 1.34. The van der Waals surface area contributed by atoms with E-state index in [9.17, 15) is 13.9 Å². The summed E-state index contributed by atoms with van der Waals surface area (Å²) in [6, 6.07) is 4.39. The number of pyridine rings is 1. The van der Waals surface area contributed by atoms with E-state index < -0.39 is 6.61 Å². The molecule has 3 fully saturated rings. The largest absolute Gasteiger partial charge is 0.431 e. The van der Waals surface area contributed by atoms with Crippen molar-refractivity contribution in [3.8, 4) is 17.0 Å². The number of hydrogen-bond donors (Lipinski definition) is 2. The van der Waals surface area contributed by atoms with Gasteiger partial charge in [-0.25, -0.2) is 4.98 Å². The Morgan fingerprint density at radius 3 is 2.62 bits per heavy atom. The lowest BCUT2D eigenvalue weighted by molar-refractivity contribution is -0.0494. The van der Waals surface area contributed by atoms with Gasteiger partial charge in [0, 0.05) is 48.6 Å². The van der Waals surface area contributed by atoms with E-state index in [1.807, 2.05) is 0 Å². The van der Waals surface area contributed by atoms with E-state index in [0.29, 0.717) is 47.6 Å². The quantitative estimate of drug-likeness (QED) is 0.675. The average Bonchev–Trinajstić information content (AvgIpc) is 3.23. The maximum Gasteiger partial charge on any atom is 0.387 e. The summed E-state index contributed by atoms with van der Waals surface area (Å²) in [6.07, 6.45) is 5.05. The van der Waals surface area contributed by atoms with Crippen molar-refractivity contribution < 1.29 is 18.6 Å². The molecule has 1 saturated heterocycles. The predicted molar refractivity (Wildman–Crippen MR) is 116 cm³/mol. The molecule has 32 heavy (non-hydrogen) atoms. The van der Waals surface area contributed by atoms with Crippen LogP contribution in [-0.2, 0) is 0 Å². The number of aliphatic hydroxyl groups excluding tert-OH is 1. The maximum absolute atomic E-state index is 12.7. The fraction of sp³-hybridized carbons (Fsp3) is 0.652. The summed E-state index contributed by atoms with van der Waals surface area (Å²) in [5, 5.41) is 14.2. The third kappa shape index (κ3) is 3.85. The lowest BCUT2D eigenvalue weighted by atomic mass is 10.0. The Labute approximate surface area is 186 Å². The molecular weight excluding hydrogens is 416 g/mol. The number of aromatic nitrogens is 3. The van der Waals surface area contributed by atoms with Gasteiger partial charge in [-0.2, -0.15) is 13.9 Å². The second-order valence-electron chi connectivity index (χ2n) is 9.79. The minimum atomic E-state index is -2.96. The zero-order valence-corrected chi connectivity index (χ0v) is 18.5. The molecule has 1 aliphatic heterocycles. The number of alkyl halides is 2. The van der Waals surface area contributed by atoms with Crippen molar-refractivity contribution >= 4 is 5.82 Å². The summed E-state index contributed by atoms with van der Waals surface area (Å²) in [5.41, 5.74) is 8.22. The van der Waals surface area contributed by atoms with Crippen LogP contribution >= 0.6 is 0 Å². The first-order valence-corrected chi connectivity index (χ1v) is 11.5. The first-order valence-electron chi connectivity index (χ1n) is 11.5. The number of anilines is 1. The highest BCUT2D eigenvalue weighted by atomic mass is 19.3. The maximum atomic E-state index is 12.7. The molecule has 5 rings (SSSR count). The summed E-state index contributed by atoms with van der Waals surface area (Å²) in [6.45, 7) is 3.66. The molecule has 3 heterocycles. The van der Waals surface area contributed by atoms with Gasteiger partial charge in [0.2, 0.25) is 0 Å². The zero-order valence-electron chi connectivity index (χ0n) is 18.5. The van der Waals surface area contributed by atoms with E-state index in [1.54, 1.807) is 6.20 Å². The molecule has 0 bridgehead atoms. The van der Waals surface area contributed by atoms with Gasteiger partial charge in [-0.15, -0.1) is 0 Å². The van der Waals surface area contributed by atoms with Gasteiger partial charge in [-0.3, -0.25) is 9.58 Å². The first-order chi connectivity index (χ1) is 15.4. The molecule has 2 aromatic rings. The number of rotatable bonds is 7. The molecule has 0 spiro atoms. The van der Waals surface area contributed by atoms with Crippen molar-refractivity contribution in [2.24, 2.45) is 17.8 Å². The van der Waals surface area contributed by atoms with Crippen LogP contribution in [0.1, 0.15) is 50.8 Å². The number of fused-ring (bicyclic) bond motifs is 1. The molecule has 9 heteroatoms. The van der Waals surface area contributed by atoms with E-state index in [1.165, 1.54) is 24.6 Å². The van der Waals surface area contributed by atoms with Crippen molar-refractivity contribution in [3.63, 3.8) is 0 Å². The van der Waals surface area contributed by atoms with Crippen LogP contribution in [0.2, 0.25) is 0 Å². The number of hydrogen-bond acceptors (Lipinski definition) is 6. The lowest BCUT2D eigenvalue weighted by Crippen LogP contribution is -2.33. The summed E-state index contributed by atoms with van der Waals surface area (Å²) < 4.78 is 32.0. The van der Waals surface area contributed by atoms with Crippen LogP contribution in [0.5, 0.6) is 5.75 Å². The van der Waals surface area contributed by atoms with Gasteiger partial charge in [-0.1, -0.05) is 0 Å². The lowest BCUT2D eigenvalue weighted by Gasteiger charge is -2.26. The van der Waals surface area contributed by atoms with E-state index in [4.69, 9.17) is 10.8 Å². The molecule has 3 aliphatic rings. The fourth-order valence-corrected chi connectivity index (χ4v) is 5.89. The van der Waals surface area contributed by atoms with Crippen molar-refractivity contribution in [2.75, 3.05) is 25.4 Å². The van der Waals surface area contributed by atoms with Crippen molar-refractivity contribution in [1.82, 2.24) is 19.7 Å². The molecular formula is C23H31F2N5O2. The van der Waals surface area contributed by atoms with Gasteiger partial charge in [0.05, 0.1) is 5.69 Å². The van der Waals surface area contributed by atoms with E-state index in [2.05, 4.69) is 39.2 Å². The molecule has 3 N–H and O–H groups in total. The number of nitrogen functional groups attached to an aromatic ring is 1. The van der Waals surface area contributed by atoms with Crippen LogP contribution in [0.15, 0.2) is 18.3 Å². The van der Waals surface area contributed by atoms with Gasteiger partial charge in [0.25, 0.3) is 0 Å². The number of nitrogens with zero attached hydrogens (tertiary/aromatic N) is 4. The zero-order chi connectivity index (χ0) is 22.6. The molecule has 7 nitrogen and oxygen atoms in total. The number of nitrogens with two attached hydrogens (primary N) is 1. The number of ether oxygens (including phenoxy) is 1. The normalized spacial score (nSPS) is 29.8. The van der Waals surface area contributed by atoms with Crippen LogP contribution in [0.3, 0.4) is 0 Å². The van der Waals surface area contributed by atoms with Gasteiger partial charge >= 0.3 is 6.61 Å².